The number of rotatable bonds is 6. The SMILES string of the molecule is N#C/C(=C\c1c(OCc2ccc(Cl)cc2)ccc2ccccc12)C(=O)NC1CCCCC1. The highest BCUT2D eigenvalue weighted by Gasteiger charge is 2.19. The Morgan fingerprint density at radius 1 is 1.06 bits per heavy atom. The van der Waals surface area contributed by atoms with Crippen molar-refractivity contribution in [1.82, 2.24) is 5.32 Å². The standard InChI is InChI=1S/C27H25ClN2O2/c28-22-13-10-19(11-14-22)18-32-26-15-12-20-6-4-5-9-24(20)25(26)16-21(17-29)27(31)30-23-7-2-1-3-8-23/h4-6,9-16,23H,1-3,7-8,18H2,(H,30,31)/b21-16+. The summed E-state index contributed by atoms with van der Waals surface area (Å²) in [6, 6.07) is 21.5. The Morgan fingerprint density at radius 2 is 1.81 bits per heavy atom. The highest BCUT2D eigenvalue weighted by molar-refractivity contribution is 6.30. The van der Waals surface area contributed by atoms with Gasteiger partial charge in [-0.05, 0) is 53.5 Å². The van der Waals surface area contributed by atoms with E-state index in [0.717, 1.165) is 47.6 Å². The zero-order chi connectivity index (χ0) is 22.3. The summed E-state index contributed by atoms with van der Waals surface area (Å²) in [5.41, 5.74) is 1.80. The van der Waals surface area contributed by atoms with E-state index in [1.165, 1.54) is 6.42 Å². The van der Waals surface area contributed by atoms with Gasteiger partial charge in [-0.3, -0.25) is 4.79 Å². The predicted octanol–water partition coefficient (Wildman–Crippen LogP) is 6.43. The van der Waals surface area contributed by atoms with Gasteiger partial charge in [0.1, 0.15) is 24.0 Å². The third-order valence-corrected chi connectivity index (χ3v) is 6.08. The number of hydrogen-bond acceptors (Lipinski definition) is 3. The van der Waals surface area contributed by atoms with E-state index in [-0.39, 0.29) is 17.5 Å². The van der Waals surface area contributed by atoms with E-state index in [1.54, 1.807) is 6.08 Å². The first-order valence-electron chi connectivity index (χ1n) is 11.0. The lowest BCUT2D eigenvalue weighted by atomic mass is 9.95. The van der Waals surface area contributed by atoms with Crippen LogP contribution in [0.4, 0.5) is 0 Å². The monoisotopic (exact) mass is 444 g/mol. The minimum absolute atomic E-state index is 0.0864. The number of fused-ring (bicyclic) bond motifs is 1. The maximum atomic E-state index is 12.9. The molecule has 3 aromatic carbocycles. The van der Waals surface area contributed by atoms with Crippen molar-refractivity contribution in [2.45, 2.75) is 44.8 Å². The van der Waals surface area contributed by atoms with Crippen LogP contribution in [0.5, 0.6) is 5.75 Å². The Labute approximate surface area is 193 Å². The van der Waals surface area contributed by atoms with Crippen LogP contribution in [-0.4, -0.2) is 11.9 Å². The van der Waals surface area contributed by atoms with Crippen LogP contribution < -0.4 is 10.1 Å². The number of carbonyl (C=O) groups excluding carboxylic acids is 1. The van der Waals surface area contributed by atoms with E-state index in [4.69, 9.17) is 16.3 Å². The van der Waals surface area contributed by atoms with Gasteiger partial charge in [0.05, 0.1) is 0 Å². The molecule has 1 aliphatic carbocycles. The summed E-state index contributed by atoms with van der Waals surface area (Å²) in [7, 11) is 0. The Morgan fingerprint density at radius 3 is 2.56 bits per heavy atom. The Kier molecular flexibility index (Phi) is 7.09. The normalized spacial score (nSPS) is 14.7. The van der Waals surface area contributed by atoms with Crippen LogP contribution >= 0.6 is 11.6 Å². The molecule has 4 nitrogen and oxygen atoms in total. The highest BCUT2D eigenvalue weighted by Crippen LogP contribution is 2.31. The van der Waals surface area contributed by atoms with Crippen LogP contribution in [0.3, 0.4) is 0 Å². The van der Waals surface area contributed by atoms with E-state index in [9.17, 15) is 10.1 Å². The van der Waals surface area contributed by atoms with Crippen molar-refractivity contribution in [2.24, 2.45) is 0 Å². The zero-order valence-corrected chi connectivity index (χ0v) is 18.6. The number of nitrogens with zero attached hydrogens (tertiary/aromatic N) is 1. The maximum Gasteiger partial charge on any atom is 0.262 e. The molecule has 0 aliphatic heterocycles. The van der Waals surface area contributed by atoms with Crippen molar-refractivity contribution < 1.29 is 9.53 Å². The number of ether oxygens (including phenoxy) is 1. The average molecular weight is 445 g/mol. The van der Waals surface area contributed by atoms with E-state index in [2.05, 4.69) is 11.4 Å². The predicted molar refractivity (Wildman–Crippen MR) is 128 cm³/mol. The minimum atomic E-state index is -0.323. The summed E-state index contributed by atoms with van der Waals surface area (Å²) in [6.07, 6.45) is 7.02. The summed E-state index contributed by atoms with van der Waals surface area (Å²) >= 11 is 5.98. The van der Waals surface area contributed by atoms with E-state index >= 15 is 0 Å². The lowest BCUT2D eigenvalue weighted by molar-refractivity contribution is -0.117. The molecule has 4 rings (SSSR count). The third kappa shape index (κ3) is 5.30. The first-order valence-corrected chi connectivity index (χ1v) is 11.3. The lowest BCUT2D eigenvalue weighted by Crippen LogP contribution is -2.36. The van der Waals surface area contributed by atoms with Gasteiger partial charge in [0.25, 0.3) is 5.91 Å². The van der Waals surface area contributed by atoms with E-state index < -0.39 is 0 Å². The molecular formula is C27H25ClN2O2. The molecule has 1 amide bonds. The largest absolute Gasteiger partial charge is 0.488 e. The van der Waals surface area contributed by atoms with Crippen LogP contribution in [0.15, 0.2) is 66.2 Å². The van der Waals surface area contributed by atoms with Crippen LogP contribution in [0.1, 0.15) is 43.2 Å². The smallest absolute Gasteiger partial charge is 0.262 e. The summed E-state index contributed by atoms with van der Waals surface area (Å²) in [4.78, 5) is 12.9. The molecule has 5 heteroatoms. The van der Waals surface area contributed by atoms with Gasteiger partial charge in [0.2, 0.25) is 0 Å². The van der Waals surface area contributed by atoms with Gasteiger partial charge in [0.15, 0.2) is 0 Å². The molecule has 1 N–H and O–H groups in total. The van der Waals surface area contributed by atoms with Crippen LogP contribution in [-0.2, 0) is 11.4 Å². The van der Waals surface area contributed by atoms with Crippen molar-refractivity contribution in [3.63, 3.8) is 0 Å². The number of carbonyl (C=O) groups is 1. The molecule has 1 saturated carbocycles. The number of amides is 1. The summed E-state index contributed by atoms with van der Waals surface area (Å²) in [5, 5.41) is 15.4. The number of benzene rings is 3. The van der Waals surface area contributed by atoms with Gasteiger partial charge in [-0.15, -0.1) is 0 Å². The molecule has 1 aliphatic rings. The number of hydrogen-bond donors (Lipinski definition) is 1. The fourth-order valence-corrected chi connectivity index (χ4v) is 4.22. The van der Waals surface area contributed by atoms with E-state index in [1.807, 2.05) is 60.7 Å². The Hall–Kier alpha value is -3.29. The Bertz CT molecular complexity index is 1170. The van der Waals surface area contributed by atoms with Crippen molar-refractivity contribution in [3.05, 3.63) is 82.4 Å². The van der Waals surface area contributed by atoms with Crippen molar-refractivity contribution in [2.75, 3.05) is 0 Å². The maximum absolute atomic E-state index is 12.9. The molecule has 32 heavy (non-hydrogen) atoms. The van der Waals surface area contributed by atoms with Gasteiger partial charge < -0.3 is 10.1 Å². The Balaban J connectivity index is 1.65. The van der Waals surface area contributed by atoms with Gasteiger partial charge in [0, 0.05) is 16.6 Å². The first kappa shape index (κ1) is 21.9. The van der Waals surface area contributed by atoms with E-state index in [0.29, 0.717) is 17.4 Å². The minimum Gasteiger partial charge on any atom is -0.488 e. The van der Waals surface area contributed by atoms with Crippen LogP contribution in [0.2, 0.25) is 5.02 Å². The molecule has 0 saturated heterocycles. The molecule has 162 valence electrons. The molecule has 0 aromatic heterocycles. The quantitative estimate of drug-likeness (QED) is 0.352. The number of halogens is 1. The molecule has 0 heterocycles. The fraction of sp³-hybridized carbons (Fsp3) is 0.259. The molecule has 0 spiro atoms. The van der Waals surface area contributed by atoms with Crippen LogP contribution in [0.25, 0.3) is 16.8 Å². The van der Waals surface area contributed by atoms with Crippen molar-refractivity contribution in [3.8, 4) is 11.8 Å². The third-order valence-electron chi connectivity index (χ3n) is 5.83. The molecule has 0 bridgehead atoms. The second kappa shape index (κ2) is 10.3. The topological polar surface area (TPSA) is 62.1 Å². The molecule has 3 aromatic rings. The highest BCUT2D eigenvalue weighted by atomic mass is 35.5. The summed E-state index contributed by atoms with van der Waals surface area (Å²) in [6.45, 7) is 0.354. The molecule has 0 unspecified atom stereocenters. The lowest BCUT2D eigenvalue weighted by Gasteiger charge is -2.22. The van der Waals surface area contributed by atoms with Gasteiger partial charge >= 0.3 is 0 Å². The molecule has 0 atom stereocenters. The van der Waals surface area contributed by atoms with Gasteiger partial charge in [-0.25, -0.2) is 0 Å². The summed E-state index contributed by atoms with van der Waals surface area (Å²) in [5.74, 6) is 0.299. The van der Waals surface area contributed by atoms with Gasteiger partial charge in [-0.1, -0.05) is 73.3 Å². The molecular weight excluding hydrogens is 420 g/mol. The summed E-state index contributed by atoms with van der Waals surface area (Å²) < 4.78 is 6.12. The number of nitrogens with one attached hydrogen (secondary N) is 1. The molecule has 1 fully saturated rings. The van der Waals surface area contributed by atoms with Crippen LogP contribution in [0, 0.1) is 11.3 Å². The number of nitriles is 1. The first-order chi connectivity index (χ1) is 15.6. The van der Waals surface area contributed by atoms with Crippen molar-refractivity contribution in [1.29, 1.82) is 5.26 Å². The van der Waals surface area contributed by atoms with Crippen molar-refractivity contribution >= 4 is 34.4 Å². The molecule has 0 radical (unpaired) electrons. The second-order valence-electron chi connectivity index (χ2n) is 8.09. The average Bonchev–Trinajstić information content (AvgIpc) is 2.83. The van der Waals surface area contributed by atoms with Gasteiger partial charge in [-0.2, -0.15) is 5.26 Å². The fourth-order valence-electron chi connectivity index (χ4n) is 4.10. The second-order valence-corrected chi connectivity index (χ2v) is 8.53. The zero-order valence-electron chi connectivity index (χ0n) is 17.8.